The highest BCUT2D eigenvalue weighted by Gasteiger charge is 2.34. The van der Waals surface area contributed by atoms with Crippen molar-refractivity contribution in [2.24, 2.45) is 0 Å². The van der Waals surface area contributed by atoms with E-state index in [2.05, 4.69) is 12.2 Å². The Bertz CT molecular complexity index is 1420. The zero-order valence-electron chi connectivity index (χ0n) is 24.9. The molecule has 3 rings (SSSR count). The number of carbonyl (C=O) groups excluding carboxylic acids is 2. The number of nitrogens with one attached hydrogen (secondary N) is 1. The molecule has 1 atom stereocenters. The molecule has 0 heterocycles. The van der Waals surface area contributed by atoms with Crippen molar-refractivity contribution in [1.29, 1.82) is 0 Å². The number of nitrogens with zero attached hydrogens (tertiary/aromatic N) is 2. The summed E-state index contributed by atoms with van der Waals surface area (Å²) in [4.78, 5) is 29.2. The van der Waals surface area contributed by atoms with Crippen LogP contribution in [0.1, 0.15) is 62.3 Å². The minimum absolute atomic E-state index is 0.108. The van der Waals surface area contributed by atoms with E-state index in [9.17, 15) is 18.0 Å². The molecule has 2 amide bonds. The Kier molecular flexibility index (Phi) is 11.5. The maximum Gasteiger partial charge on any atom is 0.264 e. The first kappa shape index (κ1) is 31.9. The molecule has 41 heavy (non-hydrogen) atoms. The van der Waals surface area contributed by atoms with Gasteiger partial charge in [0.2, 0.25) is 11.8 Å². The lowest BCUT2D eigenvalue weighted by Gasteiger charge is -2.34. The number of hydrogen-bond donors (Lipinski definition) is 1. The molecule has 8 heteroatoms. The van der Waals surface area contributed by atoms with Gasteiger partial charge in [0.1, 0.15) is 12.6 Å². The largest absolute Gasteiger partial charge is 0.354 e. The Labute approximate surface area is 245 Å². The molecule has 0 aromatic heterocycles. The minimum Gasteiger partial charge on any atom is -0.354 e. The van der Waals surface area contributed by atoms with E-state index in [1.54, 1.807) is 36.4 Å². The number of anilines is 1. The summed E-state index contributed by atoms with van der Waals surface area (Å²) in [6.45, 7) is 10.0. The van der Waals surface area contributed by atoms with Gasteiger partial charge in [-0.1, -0.05) is 87.4 Å². The summed E-state index contributed by atoms with van der Waals surface area (Å²) in [7, 11) is -4.10. The van der Waals surface area contributed by atoms with Crippen LogP contribution in [0.5, 0.6) is 0 Å². The van der Waals surface area contributed by atoms with Gasteiger partial charge >= 0.3 is 0 Å². The monoisotopic (exact) mass is 577 g/mol. The molecule has 220 valence electrons. The fraction of sp³-hybridized carbons (Fsp3) is 0.394. The van der Waals surface area contributed by atoms with Crippen molar-refractivity contribution in [3.05, 3.63) is 95.1 Å². The van der Waals surface area contributed by atoms with Crippen molar-refractivity contribution in [1.82, 2.24) is 10.2 Å². The van der Waals surface area contributed by atoms with Crippen molar-refractivity contribution >= 4 is 27.5 Å². The van der Waals surface area contributed by atoms with Gasteiger partial charge in [0, 0.05) is 13.1 Å². The van der Waals surface area contributed by atoms with Crippen molar-refractivity contribution in [2.75, 3.05) is 17.4 Å². The molecule has 7 nitrogen and oxygen atoms in total. The van der Waals surface area contributed by atoms with Gasteiger partial charge in [0.05, 0.1) is 10.6 Å². The van der Waals surface area contributed by atoms with Crippen LogP contribution < -0.4 is 9.62 Å². The number of carbonyl (C=O) groups is 2. The van der Waals surface area contributed by atoms with Gasteiger partial charge < -0.3 is 10.2 Å². The van der Waals surface area contributed by atoms with Gasteiger partial charge in [0.25, 0.3) is 10.0 Å². The normalized spacial score (nSPS) is 12.0. The van der Waals surface area contributed by atoms with Crippen LogP contribution >= 0.6 is 0 Å². The summed E-state index contributed by atoms with van der Waals surface area (Å²) < 4.78 is 29.4. The van der Waals surface area contributed by atoms with Crippen LogP contribution in [0.4, 0.5) is 5.69 Å². The van der Waals surface area contributed by atoms with Crippen LogP contribution in [0.15, 0.2) is 77.7 Å². The topological polar surface area (TPSA) is 86.8 Å². The van der Waals surface area contributed by atoms with Crippen LogP contribution in [0.3, 0.4) is 0 Å². The molecule has 3 aromatic rings. The molecule has 0 spiro atoms. The van der Waals surface area contributed by atoms with Gasteiger partial charge in [-0.15, -0.1) is 0 Å². The average Bonchev–Trinajstić information content (AvgIpc) is 2.97. The van der Waals surface area contributed by atoms with Crippen molar-refractivity contribution in [2.45, 2.75) is 77.8 Å². The Morgan fingerprint density at radius 2 is 1.49 bits per heavy atom. The minimum atomic E-state index is -4.10. The Morgan fingerprint density at radius 3 is 2.10 bits per heavy atom. The molecule has 0 bridgehead atoms. The van der Waals surface area contributed by atoms with Crippen LogP contribution in [0.25, 0.3) is 0 Å². The van der Waals surface area contributed by atoms with E-state index in [4.69, 9.17) is 0 Å². The number of hydrogen-bond acceptors (Lipinski definition) is 4. The quantitative estimate of drug-likeness (QED) is 0.246. The van der Waals surface area contributed by atoms with Gasteiger partial charge in [-0.05, 0) is 68.0 Å². The van der Waals surface area contributed by atoms with E-state index in [1.807, 2.05) is 64.1 Å². The van der Waals surface area contributed by atoms with E-state index in [1.165, 1.54) is 9.21 Å². The number of aryl methyl sites for hydroxylation is 3. The highest BCUT2D eigenvalue weighted by molar-refractivity contribution is 7.92. The number of rotatable bonds is 14. The summed E-state index contributed by atoms with van der Waals surface area (Å²) in [5, 5.41) is 2.97. The predicted octanol–water partition coefficient (Wildman–Crippen LogP) is 5.78. The van der Waals surface area contributed by atoms with Crippen LogP contribution in [-0.2, 0) is 32.6 Å². The van der Waals surface area contributed by atoms with Gasteiger partial charge in [0.15, 0.2) is 0 Å². The summed E-state index contributed by atoms with van der Waals surface area (Å²) in [5.74, 6) is -0.669. The lowest BCUT2D eigenvalue weighted by molar-refractivity contribution is -0.140. The number of amides is 2. The fourth-order valence-electron chi connectivity index (χ4n) is 4.80. The second kappa shape index (κ2) is 14.8. The third-order valence-corrected chi connectivity index (χ3v) is 9.12. The highest BCUT2D eigenvalue weighted by atomic mass is 32.2. The Morgan fingerprint density at radius 1 is 0.854 bits per heavy atom. The number of sulfonamides is 1. The molecule has 0 saturated heterocycles. The molecule has 0 aliphatic rings. The smallest absolute Gasteiger partial charge is 0.264 e. The van der Waals surface area contributed by atoms with Crippen LogP contribution in [-0.4, -0.2) is 44.3 Å². The van der Waals surface area contributed by atoms with Crippen molar-refractivity contribution < 1.29 is 18.0 Å². The van der Waals surface area contributed by atoms with Crippen LogP contribution in [0, 0.1) is 13.8 Å². The van der Waals surface area contributed by atoms with Crippen molar-refractivity contribution in [3.8, 4) is 0 Å². The molecule has 3 aromatic carbocycles. The average molecular weight is 578 g/mol. The first-order valence-corrected chi connectivity index (χ1v) is 15.9. The third-order valence-electron chi connectivity index (χ3n) is 7.35. The zero-order valence-corrected chi connectivity index (χ0v) is 25.7. The predicted molar refractivity (Wildman–Crippen MR) is 165 cm³/mol. The SMILES string of the molecule is CCCCNC(=O)[C@H](CC)N(Cc1ccccc1C)C(=O)CN(c1ccccc1CC)S(=O)(=O)c1ccc(C)cc1. The third kappa shape index (κ3) is 7.97. The van der Waals surface area contributed by atoms with E-state index in [-0.39, 0.29) is 17.3 Å². The molecule has 0 aliphatic heterocycles. The summed E-state index contributed by atoms with van der Waals surface area (Å²) >= 11 is 0. The second-order valence-corrected chi connectivity index (χ2v) is 12.2. The number of benzene rings is 3. The number of para-hydroxylation sites is 1. The van der Waals surface area contributed by atoms with E-state index >= 15 is 0 Å². The molecule has 0 saturated carbocycles. The molecule has 1 N–H and O–H groups in total. The highest BCUT2D eigenvalue weighted by Crippen LogP contribution is 2.28. The van der Waals surface area contributed by atoms with Gasteiger partial charge in [-0.2, -0.15) is 0 Å². The molecule has 0 radical (unpaired) electrons. The lowest BCUT2D eigenvalue weighted by atomic mass is 10.1. The second-order valence-electron chi connectivity index (χ2n) is 10.3. The molecule has 0 fully saturated rings. The fourth-order valence-corrected chi connectivity index (χ4v) is 6.25. The molecular weight excluding hydrogens is 534 g/mol. The van der Waals surface area contributed by atoms with Crippen LogP contribution in [0.2, 0.25) is 0 Å². The summed E-state index contributed by atoms with van der Waals surface area (Å²) in [5.41, 5.74) is 4.10. The first-order chi connectivity index (χ1) is 19.6. The summed E-state index contributed by atoms with van der Waals surface area (Å²) in [6.07, 6.45) is 2.76. The Balaban J connectivity index is 2.08. The zero-order chi connectivity index (χ0) is 30.0. The summed E-state index contributed by atoms with van der Waals surface area (Å²) in [6, 6.07) is 20.9. The van der Waals surface area contributed by atoms with Gasteiger partial charge in [-0.25, -0.2) is 8.42 Å². The first-order valence-electron chi connectivity index (χ1n) is 14.4. The standard InChI is InChI=1S/C33H43N3O4S/c1-6-9-22-34-33(38)30(8-3)35(23-28-16-11-10-14-26(28)5)32(37)24-36(31-17-13-12-15-27(31)7-2)41(39,40)29-20-18-25(4)19-21-29/h10-21,30H,6-9,22-24H2,1-5H3,(H,34,38)/t30-/m0/s1. The maximum absolute atomic E-state index is 14.2. The molecular formula is C33H43N3O4S. The molecule has 0 aliphatic carbocycles. The molecule has 0 unspecified atom stereocenters. The van der Waals surface area contributed by atoms with E-state index < -0.39 is 28.5 Å². The van der Waals surface area contributed by atoms with Gasteiger partial charge in [-0.3, -0.25) is 13.9 Å². The number of unbranched alkanes of at least 4 members (excludes halogenated alkanes) is 1. The maximum atomic E-state index is 14.2. The van der Waals surface area contributed by atoms with E-state index in [0.717, 1.165) is 35.1 Å². The van der Waals surface area contributed by atoms with E-state index in [0.29, 0.717) is 25.1 Å². The van der Waals surface area contributed by atoms with Crippen molar-refractivity contribution in [3.63, 3.8) is 0 Å². The lowest BCUT2D eigenvalue weighted by Crippen LogP contribution is -2.52. The Hall–Kier alpha value is -3.65.